The second-order valence-electron chi connectivity index (χ2n) is 9.07. The summed E-state index contributed by atoms with van der Waals surface area (Å²) in [5, 5.41) is 23.4. The SMILES string of the molecule is Cc1cc2cc(C(c3nnnn3Cc3ccc(F)cc3)N3CCC(O)CC3)c(=O)[nH]c2cc1C. The van der Waals surface area contributed by atoms with Crippen LogP contribution in [0, 0.1) is 19.7 Å². The van der Waals surface area contributed by atoms with Crippen LogP contribution in [-0.2, 0) is 6.54 Å². The second-order valence-corrected chi connectivity index (χ2v) is 9.07. The van der Waals surface area contributed by atoms with E-state index in [4.69, 9.17) is 0 Å². The number of aromatic amines is 1. The van der Waals surface area contributed by atoms with Gasteiger partial charge in [-0.15, -0.1) is 5.10 Å². The van der Waals surface area contributed by atoms with Crippen molar-refractivity contribution in [3.63, 3.8) is 0 Å². The molecule has 0 amide bonds. The van der Waals surface area contributed by atoms with Crippen molar-refractivity contribution in [2.24, 2.45) is 0 Å². The summed E-state index contributed by atoms with van der Waals surface area (Å²) in [6.45, 7) is 5.64. The molecule has 0 aliphatic carbocycles. The Labute approximate surface area is 196 Å². The fourth-order valence-corrected chi connectivity index (χ4v) is 4.62. The molecule has 2 aromatic heterocycles. The van der Waals surface area contributed by atoms with Crippen LogP contribution in [-0.4, -0.2) is 54.4 Å². The molecule has 4 aromatic rings. The monoisotopic (exact) mass is 462 g/mol. The number of nitrogens with one attached hydrogen (secondary N) is 1. The molecule has 1 fully saturated rings. The molecule has 2 aromatic carbocycles. The van der Waals surface area contributed by atoms with E-state index in [1.54, 1.807) is 16.8 Å². The fourth-order valence-electron chi connectivity index (χ4n) is 4.62. The zero-order valence-electron chi connectivity index (χ0n) is 19.2. The first-order valence-electron chi connectivity index (χ1n) is 11.5. The summed E-state index contributed by atoms with van der Waals surface area (Å²) in [5.74, 6) is 0.230. The second kappa shape index (κ2) is 9.08. The quantitative estimate of drug-likeness (QED) is 0.473. The van der Waals surface area contributed by atoms with Gasteiger partial charge in [-0.25, -0.2) is 9.07 Å². The van der Waals surface area contributed by atoms with Crippen LogP contribution < -0.4 is 5.56 Å². The van der Waals surface area contributed by atoms with Gasteiger partial charge in [0.2, 0.25) is 0 Å². The number of aliphatic hydroxyl groups excluding tert-OH is 1. The highest BCUT2D eigenvalue weighted by Crippen LogP contribution is 2.30. The number of likely N-dealkylation sites (tertiary alicyclic amines) is 1. The highest BCUT2D eigenvalue weighted by atomic mass is 19.1. The number of hydrogen-bond donors (Lipinski definition) is 2. The number of H-pyrrole nitrogens is 1. The summed E-state index contributed by atoms with van der Waals surface area (Å²) in [5.41, 5.74) is 4.26. The average Bonchev–Trinajstić information content (AvgIpc) is 3.26. The average molecular weight is 463 g/mol. The Kier molecular flexibility index (Phi) is 5.97. The topological polar surface area (TPSA) is 99.9 Å². The summed E-state index contributed by atoms with van der Waals surface area (Å²) in [6, 6.07) is 11.7. The number of hydrogen-bond acceptors (Lipinski definition) is 6. The lowest BCUT2D eigenvalue weighted by Crippen LogP contribution is -2.41. The van der Waals surface area contributed by atoms with Gasteiger partial charge in [-0.1, -0.05) is 12.1 Å². The molecule has 8 nitrogen and oxygen atoms in total. The molecule has 1 aliphatic heterocycles. The Morgan fingerprint density at radius 2 is 1.82 bits per heavy atom. The maximum atomic E-state index is 13.4. The first-order chi connectivity index (χ1) is 16.4. The Balaban J connectivity index is 1.61. The number of benzene rings is 2. The molecule has 0 bridgehead atoms. The van der Waals surface area contributed by atoms with E-state index in [2.05, 4.69) is 31.5 Å². The number of halogens is 1. The first-order valence-corrected chi connectivity index (χ1v) is 11.5. The number of aromatic nitrogens is 5. The van der Waals surface area contributed by atoms with Crippen molar-refractivity contribution in [2.75, 3.05) is 13.1 Å². The summed E-state index contributed by atoms with van der Waals surface area (Å²) in [4.78, 5) is 18.5. The van der Waals surface area contributed by atoms with Gasteiger partial charge in [-0.2, -0.15) is 0 Å². The van der Waals surface area contributed by atoms with Crippen molar-refractivity contribution < 1.29 is 9.50 Å². The lowest BCUT2D eigenvalue weighted by molar-refractivity contribution is 0.0659. The fraction of sp³-hybridized carbons (Fsp3) is 0.360. The molecule has 1 unspecified atom stereocenters. The standard InChI is InChI=1S/C25H27FN6O2/c1-15-11-18-13-21(25(34)27-22(18)12-16(15)2)23(31-9-7-20(33)8-10-31)24-28-29-30-32(24)14-17-3-5-19(26)6-4-17/h3-6,11-13,20,23,33H,7-10,14H2,1-2H3,(H,27,34). The molecule has 9 heteroatoms. The van der Waals surface area contributed by atoms with Crippen molar-refractivity contribution in [1.29, 1.82) is 0 Å². The molecule has 0 saturated carbocycles. The number of aryl methyl sites for hydroxylation is 2. The van der Waals surface area contributed by atoms with Crippen molar-refractivity contribution in [2.45, 2.75) is 45.4 Å². The van der Waals surface area contributed by atoms with Gasteiger partial charge in [0.15, 0.2) is 5.82 Å². The molecule has 1 saturated heterocycles. The minimum Gasteiger partial charge on any atom is -0.393 e. The Morgan fingerprint density at radius 3 is 2.56 bits per heavy atom. The van der Waals surface area contributed by atoms with Crippen LogP contribution in [0.25, 0.3) is 10.9 Å². The van der Waals surface area contributed by atoms with E-state index < -0.39 is 6.04 Å². The van der Waals surface area contributed by atoms with E-state index >= 15 is 0 Å². The largest absolute Gasteiger partial charge is 0.393 e. The van der Waals surface area contributed by atoms with Crippen LogP contribution in [0.15, 0.2) is 47.3 Å². The van der Waals surface area contributed by atoms with Gasteiger partial charge in [0.1, 0.15) is 11.9 Å². The van der Waals surface area contributed by atoms with Crippen molar-refractivity contribution in [1.82, 2.24) is 30.1 Å². The molecular formula is C25H27FN6O2. The van der Waals surface area contributed by atoms with E-state index in [1.165, 1.54) is 12.1 Å². The predicted molar refractivity (Wildman–Crippen MR) is 126 cm³/mol. The molecule has 5 rings (SSSR count). The number of rotatable bonds is 5. The lowest BCUT2D eigenvalue weighted by Gasteiger charge is -2.35. The maximum Gasteiger partial charge on any atom is 0.253 e. The van der Waals surface area contributed by atoms with E-state index in [1.807, 2.05) is 26.0 Å². The van der Waals surface area contributed by atoms with Crippen LogP contribution in [0.1, 0.15) is 47.0 Å². The predicted octanol–water partition coefficient (Wildman–Crippen LogP) is 2.86. The van der Waals surface area contributed by atoms with Crippen LogP contribution in [0.5, 0.6) is 0 Å². The molecule has 176 valence electrons. The minimum atomic E-state index is -0.488. The Bertz CT molecular complexity index is 1370. The molecular weight excluding hydrogens is 435 g/mol. The van der Waals surface area contributed by atoms with Gasteiger partial charge in [-0.3, -0.25) is 9.69 Å². The van der Waals surface area contributed by atoms with Gasteiger partial charge in [0, 0.05) is 24.2 Å². The van der Waals surface area contributed by atoms with Crippen LogP contribution in [0.2, 0.25) is 0 Å². The Hall–Kier alpha value is -3.43. The number of pyridine rings is 1. The number of tetrazole rings is 1. The zero-order chi connectivity index (χ0) is 23.8. The third-order valence-corrected chi connectivity index (χ3v) is 6.70. The summed E-state index contributed by atoms with van der Waals surface area (Å²) in [7, 11) is 0. The minimum absolute atomic E-state index is 0.191. The molecule has 0 radical (unpaired) electrons. The summed E-state index contributed by atoms with van der Waals surface area (Å²) >= 11 is 0. The molecule has 1 aliphatic rings. The third kappa shape index (κ3) is 4.36. The smallest absolute Gasteiger partial charge is 0.253 e. The number of aliphatic hydroxyl groups is 1. The highest BCUT2D eigenvalue weighted by Gasteiger charge is 2.32. The Morgan fingerprint density at radius 1 is 1.12 bits per heavy atom. The van der Waals surface area contributed by atoms with Crippen LogP contribution in [0.3, 0.4) is 0 Å². The van der Waals surface area contributed by atoms with E-state index in [0.29, 0.717) is 43.9 Å². The van der Waals surface area contributed by atoms with Crippen molar-refractivity contribution in [3.8, 4) is 0 Å². The summed E-state index contributed by atoms with van der Waals surface area (Å²) < 4.78 is 15.0. The zero-order valence-corrected chi connectivity index (χ0v) is 19.2. The van der Waals surface area contributed by atoms with Crippen LogP contribution >= 0.6 is 0 Å². The lowest BCUT2D eigenvalue weighted by atomic mass is 9.98. The third-order valence-electron chi connectivity index (χ3n) is 6.70. The van der Waals surface area contributed by atoms with Gasteiger partial charge in [-0.05, 0) is 89.5 Å². The van der Waals surface area contributed by atoms with Crippen molar-refractivity contribution in [3.05, 3.63) is 86.7 Å². The molecule has 34 heavy (non-hydrogen) atoms. The number of nitrogens with zero attached hydrogens (tertiary/aromatic N) is 5. The molecule has 0 spiro atoms. The highest BCUT2D eigenvalue weighted by molar-refractivity contribution is 5.81. The van der Waals surface area contributed by atoms with Gasteiger partial charge >= 0.3 is 0 Å². The van der Waals surface area contributed by atoms with Crippen LogP contribution in [0.4, 0.5) is 4.39 Å². The van der Waals surface area contributed by atoms with Gasteiger partial charge in [0.25, 0.3) is 5.56 Å². The number of piperidine rings is 1. The summed E-state index contributed by atoms with van der Waals surface area (Å²) in [6.07, 6.45) is 0.868. The molecule has 1 atom stereocenters. The first kappa shape index (κ1) is 22.4. The maximum absolute atomic E-state index is 13.4. The normalized spacial score (nSPS) is 16.2. The van der Waals surface area contributed by atoms with Gasteiger partial charge < -0.3 is 10.1 Å². The molecule has 3 heterocycles. The van der Waals surface area contributed by atoms with E-state index in [-0.39, 0.29) is 17.5 Å². The van der Waals surface area contributed by atoms with E-state index in [0.717, 1.165) is 27.6 Å². The van der Waals surface area contributed by atoms with E-state index in [9.17, 15) is 14.3 Å². The molecule has 2 N–H and O–H groups in total. The number of fused-ring (bicyclic) bond motifs is 1. The van der Waals surface area contributed by atoms with Gasteiger partial charge in [0.05, 0.1) is 12.6 Å². The van der Waals surface area contributed by atoms with Crippen molar-refractivity contribution >= 4 is 10.9 Å².